The zero-order chi connectivity index (χ0) is 22.8. The molecule has 0 aliphatic heterocycles. The Balaban J connectivity index is 2.95. The van der Waals surface area contributed by atoms with Gasteiger partial charge in [-0.2, -0.15) is 0 Å². The van der Waals surface area contributed by atoms with Crippen LogP contribution in [0.1, 0.15) is 25.8 Å². The number of aliphatic carboxylic acids is 1. The third kappa shape index (κ3) is 8.27. The van der Waals surface area contributed by atoms with Crippen molar-refractivity contribution in [3.8, 4) is 5.75 Å². The van der Waals surface area contributed by atoms with Gasteiger partial charge in [-0.3, -0.25) is 24.0 Å². The van der Waals surface area contributed by atoms with Crippen LogP contribution in [0.5, 0.6) is 5.75 Å². The maximum atomic E-state index is 12.6. The van der Waals surface area contributed by atoms with Gasteiger partial charge in [-0.25, -0.2) is 0 Å². The van der Waals surface area contributed by atoms with Crippen molar-refractivity contribution in [2.45, 2.75) is 50.9 Å². The predicted molar refractivity (Wildman–Crippen MR) is 105 cm³/mol. The van der Waals surface area contributed by atoms with Gasteiger partial charge >= 0.3 is 5.97 Å². The summed E-state index contributed by atoms with van der Waals surface area (Å²) < 4.78 is 0. The van der Waals surface area contributed by atoms with Crippen molar-refractivity contribution < 1.29 is 34.2 Å². The molecule has 0 aromatic heterocycles. The van der Waals surface area contributed by atoms with Crippen LogP contribution in [0.3, 0.4) is 0 Å². The molecule has 1 aromatic carbocycles. The Labute approximate surface area is 173 Å². The molecule has 0 saturated heterocycles. The van der Waals surface area contributed by atoms with E-state index in [4.69, 9.17) is 10.8 Å². The van der Waals surface area contributed by atoms with E-state index in [0.717, 1.165) is 0 Å². The maximum absolute atomic E-state index is 12.6. The molecule has 11 nitrogen and oxygen atoms in total. The topological polar surface area (TPSA) is 188 Å². The SMILES string of the molecule is C[C@H](N)C(=O)N[C@@H](C)C(=O)N[C@@H](Cc1ccc(O)cc1)C(=O)N[C@H]([C]=O)CC(=O)O. The smallest absolute Gasteiger partial charge is 0.305 e. The lowest BCUT2D eigenvalue weighted by Gasteiger charge is -2.23. The van der Waals surface area contributed by atoms with Gasteiger partial charge in [-0.15, -0.1) is 0 Å². The summed E-state index contributed by atoms with van der Waals surface area (Å²) in [5.41, 5.74) is 6.02. The molecule has 1 aromatic rings. The van der Waals surface area contributed by atoms with Gasteiger partial charge in [0.1, 0.15) is 23.9 Å². The second-order valence-electron chi connectivity index (χ2n) is 6.73. The van der Waals surface area contributed by atoms with E-state index in [9.17, 15) is 29.1 Å². The molecule has 0 spiro atoms. The standard InChI is InChI=1S/C19H25N4O7/c1-10(20)17(28)21-11(2)18(29)23-15(7-12-3-5-14(25)6-4-12)19(30)22-13(9-24)8-16(26)27/h3-6,10-11,13,15,25H,7-8,20H2,1-2H3,(H,21,28)(H,22,30)(H,23,29)(H,26,27)/t10-,11-,13-,15-/m0/s1. The normalized spacial score (nSPS) is 14.5. The molecule has 1 rings (SSSR count). The number of hydrogen-bond donors (Lipinski definition) is 6. The summed E-state index contributed by atoms with van der Waals surface area (Å²) in [6, 6.07) is 1.41. The van der Waals surface area contributed by atoms with Crippen molar-refractivity contribution in [3.05, 3.63) is 29.8 Å². The highest BCUT2D eigenvalue weighted by Crippen LogP contribution is 2.12. The number of benzene rings is 1. The minimum absolute atomic E-state index is 0.00750. The van der Waals surface area contributed by atoms with E-state index in [2.05, 4.69) is 16.0 Å². The lowest BCUT2D eigenvalue weighted by molar-refractivity contribution is -0.137. The van der Waals surface area contributed by atoms with E-state index in [1.54, 1.807) is 0 Å². The van der Waals surface area contributed by atoms with Gasteiger partial charge < -0.3 is 31.9 Å². The Hall–Kier alpha value is -3.47. The molecular formula is C19H25N4O7. The Morgan fingerprint density at radius 2 is 1.60 bits per heavy atom. The number of carbonyl (C=O) groups excluding carboxylic acids is 4. The zero-order valence-corrected chi connectivity index (χ0v) is 16.5. The molecule has 11 heteroatoms. The Morgan fingerprint density at radius 3 is 2.10 bits per heavy atom. The molecule has 30 heavy (non-hydrogen) atoms. The van der Waals surface area contributed by atoms with Crippen molar-refractivity contribution in [3.63, 3.8) is 0 Å². The molecule has 0 unspecified atom stereocenters. The van der Waals surface area contributed by atoms with Gasteiger partial charge in [0.25, 0.3) is 0 Å². The van der Waals surface area contributed by atoms with Gasteiger partial charge in [0.2, 0.25) is 24.0 Å². The van der Waals surface area contributed by atoms with Gasteiger partial charge in [0.05, 0.1) is 12.5 Å². The van der Waals surface area contributed by atoms with E-state index < -0.39 is 54.3 Å². The van der Waals surface area contributed by atoms with Crippen molar-refractivity contribution in [1.82, 2.24) is 16.0 Å². The summed E-state index contributed by atoms with van der Waals surface area (Å²) in [6.07, 6.45) is 0.732. The number of phenolic OH excluding ortho intramolecular Hbond substituents is 1. The lowest BCUT2D eigenvalue weighted by atomic mass is 10.0. The number of rotatable bonds is 11. The second kappa shape index (κ2) is 11.5. The number of carboxylic acids is 1. The van der Waals surface area contributed by atoms with Crippen molar-refractivity contribution in [2.75, 3.05) is 0 Å². The van der Waals surface area contributed by atoms with Crippen molar-refractivity contribution in [2.24, 2.45) is 5.73 Å². The largest absolute Gasteiger partial charge is 0.508 e. The summed E-state index contributed by atoms with van der Waals surface area (Å²) in [6.45, 7) is 2.84. The number of carbonyl (C=O) groups is 4. The number of phenols is 1. The van der Waals surface area contributed by atoms with Gasteiger partial charge in [-0.1, -0.05) is 12.1 Å². The number of hydrogen-bond acceptors (Lipinski definition) is 7. The first-order valence-corrected chi connectivity index (χ1v) is 9.07. The highest BCUT2D eigenvalue weighted by Gasteiger charge is 2.27. The second-order valence-corrected chi connectivity index (χ2v) is 6.73. The Morgan fingerprint density at radius 1 is 1.00 bits per heavy atom. The Kier molecular flexibility index (Phi) is 9.43. The summed E-state index contributed by atoms with van der Waals surface area (Å²) in [4.78, 5) is 58.4. The van der Waals surface area contributed by atoms with Crippen LogP contribution in [0, 0.1) is 0 Å². The minimum Gasteiger partial charge on any atom is -0.508 e. The third-order valence-electron chi connectivity index (χ3n) is 4.01. The van der Waals surface area contributed by atoms with Crippen LogP contribution in [0.4, 0.5) is 0 Å². The van der Waals surface area contributed by atoms with E-state index in [1.165, 1.54) is 44.4 Å². The first kappa shape index (κ1) is 24.6. The van der Waals surface area contributed by atoms with Crippen molar-refractivity contribution in [1.29, 1.82) is 0 Å². The number of carboxylic acid groups (broad SMARTS) is 1. The van der Waals surface area contributed by atoms with Crippen molar-refractivity contribution >= 4 is 30.0 Å². The van der Waals surface area contributed by atoms with E-state index in [1.807, 2.05) is 0 Å². The summed E-state index contributed by atoms with van der Waals surface area (Å²) in [5, 5.41) is 25.3. The molecule has 7 N–H and O–H groups in total. The van der Waals surface area contributed by atoms with Crippen LogP contribution in [0.2, 0.25) is 0 Å². The minimum atomic E-state index is -1.40. The molecule has 163 valence electrons. The summed E-state index contributed by atoms with van der Waals surface area (Å²) in [7, 11) is 0. The van der Waals surface area contributed by atoms with Crippen LogP contribution < -0.4 is 21.7 Å². The van der Waals surface area contributed by atoms with Crippen LogP contribution in [-0.2, 0) is 30.4 Å². The maximum Gasteiger partial charge on any atom is 0.305 e. The summed E-state index contributed by atoms with van der Waals surface area (Å²) in [5.74, 6) is -3.36. The van der Waals surface area contributed by atoms with Crippen LogP contribution in [0.25, 0.3) is 0 Å². The van der Waals surface area contributed by atoms with E-state index in [0.29, 0.717) is 5.56 Å². The molecule has 0 saturated carbocycles. The average molecular weight is 421 g/mol. The van der Waals surface area contributed by atoms with Gasteiger partial charge in [0.15, 0.2) is 0 Å². The molecule has 1 radical (unpaired) electrons. The lowest BCUT2D eigenvalue weighted by Crippen LogP contribution is -2.56. The molecule has 3 amide bonds. The number of aromatic hydroxyl groups is 1. The number of nitrogens with two attached hydrogens (primary N) is 1. The third-order valence-corrected chi connectivity index (χ3v) is 4.01. The fraction of sp³-hybridized carbons (Fsp3) is 0.421. The van der Waals surface area contributed by atoms with Crippen LogP contribution >= 0.6 is 0 Å². The van der Waals surface area contributed by atoms with E-state index in [-0.39, 0.29) is 12.2 Å². The molecule has 0 heterocycles. The monoisotopic (exact) mass is 421 g/mol. The zero-order valence-electron chi connectivity index (χ0n) is 16.5. The van der Waals surface area contributed by atoms with Gasteiger partial charge in [0, 0.05) is 6.42 Å². The number of nitrogens with one attached hydrogen (secondary N) is 3. The van der Waals surface area contributed by atoms with Gasteiger partial charge in [-0.05, 0) is 31.5 Å². The summed E-state index contributed by atoms with van der Waals surface area (Å²) >= 11 is 0. The van der Waals surface area contributed by atoms with Crippen LogP contribution in [0.15, 0.2) is 24.3 Å². The average Bonchev–Trinajstić information content (AvgIpc) is 2.67. The first-order chi connectivity index (χ1) is 14.0. The molecule has 4 atom stereocenters. The number of amides is 3. The highest BCUT2D eigenvalue weighted by atomic mass is 16.4. The molecule has 0 bridgehead atoms. The molecule has 0 aliphatic rings. The fourth-order valence-corrected chi connectivity index (χ4v) is 2.35. The Bertz CT molecular complexity index is 780. The van der Waals surface area contributed by atoms with Crippen LogP contribution in [-0.4, -0.2) is 64.4 Å². The first-order valence-electron chi connectivity index (χ1n) is 9.07. The predicted octanol–water partition coefficient (Wildman–Crippen LogP) is -1.66. The highest BCUT2D eigenvalue weighted by molar-refractivity contribution is 5.93. The molecule has 0 fully saturated rings. The van der Waals surface area contributed by atoms with E-state index >= 15 is 0 Å². The fourth-order valence-electron chi connectivity index (χ4n) is 2.35. The quantitative estimate of drug-likeness (QED) is 0.245. The molecule has 0 aliphatic carbocycles. The molecular weight excluding hydrogens is 396 g/mol.